The molecule has 0 spiro atoms. The summed E-state index contributed by atoms with van der Waals surface area (Å²) in [5.74, 6) is -0.208. The number of aryl methyl sites for hydroxylation is 1. The molecule has 0 aromatic heterocycles. The summed E-state index contributed by atoms with van der Waals surface area (Å²) >= 11 is 0. The summed E-state index contributed by atoms with van der Waals surface area (Å²) in [5, 5.41) is 0. The number of hydrogen-bond donors (Lipinski definition) is 0. The Kier molecular flexibility index (Phi) is 6.23. The first-order valence-electron chi connectivity index (χ1n) is 9.37. The highest BCUT2D eigenvalue weighted by molar-refractivity contribution is 6.08. The SMILES string of the molecule is Cc1c(F)cc(-c2ccc(CCC3CCC(C[Si])CC3)cc2F)cc1F. The third-order valence-corrected chi connectivity index (χ3v) is 6.30. The topological polar surface area (TPSA) is 0 Å². The van der Waals surface area contributed by atoms with Crippen molar-refractivity contribution < 1.29 is 13.2 Å². The van der Waals surface area contributed by atoms with Crippen molar-refractivity contribution in [3.63, 3.8) is 0 Å². The van der Waals surface area contributed by atoms with Crippen LogP contribution in [0.3, 0.4) is 0 Å². The van der Waals surface area contributed by atoms with Crippen LogP contribution >= 0.6 is 0 Å². The molecule has 0 atom stereocenters. The number of rotatable bonds is 5. The predicted octanol–water partition coefficient (Wildman–Crippen LogP) is 6.41. The first-order chi connectivity index (χ1) is 12.5. The van der Waals surface area contributed by atoms with Gasteiger partial charge in [-0.1, -0.05) is 43.9 Å². The minimum atomic E-state index is -0.651. The molecule has 2 aromatic rings. The molecule has 2 aromatic carbocycles. The fraction of sp³-hybridized carbons (Fsp3) is 0.455. The maximum atomic E-state index is 14.5. The minimum absolute atomic E-state index is 0.0414. The van der Waals surface area contributed by atoms with E-state index < -0.39 is 17.5 Å². The number of halogens is 3. The average molecular weight is 374 g/mol. The van der Waals surface area contributed by atoms with Crippen LogP contribution in [-0.2, 0) is 6.42 Å². The second-order valence-electron chi connectivity index (χ2n) is 7.51. The van der Waals surface area contributed by atoms with Gasteiger partial charge in [-0.15, -0.1) is 0 Å². The van der Waals surface area contributed by atoms with E-state index in [2.05, 4.69) is 10.2 Å². The Labute approximate surface area is 157 Å². The van der Waals surface area contributed by atoms with Crippen molar-refractivity contribution in [3.8, 4) is 11.1 Å². The molecule has 0 nitrogen and oxygen atoms in total. The zero-order valence-electron chi connectivity index (χ0n) is 15.1. The van der Waals surface area contributed by atoms with Crippen molar-refractivity contribution in [2.45, 2.75) is 51.5 Å². The van der Waals surface area contributed by atoms with Gasteiger partial charge in [0.2, 0.25) is 0 Å². The Bertz CT molecular complexity index is 741. The molecule has 1 saturated carbocycles. The lowest BCUT2D eigenvalue weighted by Gasteiger charge is -2.27. The molecule has 3 rings (SSSR count). The van der Waals surface area contributed by atoms with Crippen LogP contribution in [0.2, 0.25) is 6.04 Å². The lowest BCUT2D eigenvalue weighted by atomic mass is 9.80. The first-order valence-corrected chi connectivity index (χ1v) is 10.1. The maximum Gasteiger partial charge on any atom is 0.131 e. The molecule has 26 heavy (non-hydrogen) atoms. The zero-order chi connectivity index (χ0) is 18.7. The van der Waals surface area contributed by atoms with E-state index >= 15 is 0 Å². The minimum Gasteiger partial charge on any atom is -0.207 e. The summed E-state index contributed by atoms with van der Waals surface area (Å²) in [6.45, 7) is 1.37. The largest absolute Gasteiger partial charge is 0.207 e. The molecule has 1 fully saturated rings. The fourth-order valence-corrected chi connectivity index (χ4v) is 4.25. The molecule has 4 heteroatoms. The maximum absolute atomic E-state index is 14.5. The molecule has 0 heterocycles. The van der Waals surface area contributed by atoms with Crippen LogP contribution in [0.25, 0.3) is 11.1 Å². The molecule has 1 aliphatic carbocycles. The Balaban J connectivity index is 1.66. The fourth-order valence-electron chi connectivity index (χ4n) is 3.84. The van der Waals surface area contributed by atoms with E-state index in [1.807, 2.05) is 6.07 Å². The molecule has 0 amide bonds. The summed E-state index contributed by atoms with van der Waals surface area (Å²) < 4.78 is 42.0. The molecular weight excluding hydrogens is 349 g/mol. The lowest BCUT2D eigenvalue weighted by molar-refractivity contribution is 0.278. The normalized spacial score (nSPS) is 20.3. The van der Waals surface area contributed by atoms with Crippen LogP contribution in [-0.4, -0.2) is 10.2 Å². The smallest absolute Gasteiger partial charge is 0.131 e. The highest BCUT2D eigenvalue weighted by atomic mass is 28.1. The van der Waals surface area contributed by atoms with Gasteiger partial charge in [-0.05, 0) is 60.9 Å². The highest BCUT2D eigenvalue weighted by Crippen LogP contribution is 2.33. The predicted molar refractivity (Wildman–Crippen MR) is 101 cm³/mol. The summed E-state index contributed by atoms with van der Waals surface area (Å²) in [4.78, 5) is 0. The number of benzene rings is 2. The van der Waals surface area contributed by atoms with E-state index in [-0.39, 0.29) is 16.7 Å². The van der Waals surface area contributed by atoms with Gasteiger partial charge in [0.15, 0.2) is 0 Å². The van der Waals surface area contributed by atoms with E-state index in [9.17, 15) is 13.2 Å². The van der Waals surface area contributed by atoms with Gasteiger partial charge in [0.1, 0.15) is 17.5 Å². The summed E-state index contributed by atoms with van der Waals surface area (Å²) in [5.41, 5.74) is 1.38. The highest BCUT2D eigenvalue weighted by Gasteiger charge is 2.20. The van der Waals surface area contributed by atoms with E-state index in [0.29, 0.717) is 5.92 Å². The molecular formula is C22H24F3Si. The van der Waals surface area contributed by atoms with Crippen LogP contribution in [0.1, 0.15) is 43.2 Å². The average Bonchev–Trinajstić information content (AvgIpc) is 2.64. The van der Waals surface area contributed by atoms with Crippen molar-refractivity contribution >= 4 is 10.2 Å². The van der Waals surface area contributed by atoms with E-state index in [1.54, 1.807) is 6.07 Å². The second-order valence-corrected chi connectivity index (χ2v) is 7.92. The van der Waals surface area contributed by atoms with Crippen LogP contribution in [0, 0.1) is 36.2 Å². The van der Waals surface area contributed by atoms with E-state index in [0.717, 1.165) is 30.4 Å². The van der Waals surface area contributed by atoms with Crippen LogP contribution < -0.4 is 0 Å². The third kappa shape index (κ3) is 4.40. The number of hydrogen-bond acceptors (Lipinski definition) is 0. The molecule has 0 unspecified atom stereocenters. The van der Waals surface area contributed by atoms with Gasteiger partial charge in [0, 0.05) is 21.4 Å². The van der Waals surface area contributed by atoms with Crippen LogP contribution in [0.5, 0.6) is 0 Å². The lowest BCUT2D eigenvalue weighted by Crippen LogP contribution is -2.14. The first kappa shape index (κ1) is 19.2. The molecule has 0 saturated heterocycles. The molecule has 137 valence electrons. The van der Waals surface area contributed by atoms with Crippen LogP contribution in [0.15, 0.2) is 30.3 Å². The van der Waals surface area contributed by atoms with Crippen LogP contribution in [0.4, 0.5) is 13.2 Å². The van der Waals surface area contributed by atoms with E-state index in [4.69, 9.17) is 0 Å². The van der Waals surface area contributed by atoms with Crippen molar-refractivity contribution in [1.82, 2.24) is 0 Å². The quantitative estimate of drug-likeness (QED) is 0.532. The van der Waals surface area contributed by atoms with Crippen molar-refractivity contribution in [2.24, 2.45) is 11.8 Å². The Morgan fingerprint density at radius 1 is 0.885 bits per heavy atom. The zero-order valence-corrected chi connectivity index (χ0v) is 16.1. The van der Waals surface area contributed by atoms with Gasteiger partial charge in [0.05, 0.1) is 0 Å². The molecule has 3 radical (unpaired) electrons. The van der Waals surface area contributed by atoms with Crippen molar-refractivity contribution in [2.75, 3.05) is 0 Å². The monoisotopic (exact) mass is 373 g/mol. The van der Waals surface area contributed by atoms with Gasteiger partial charge >= 0.3 is 0 Å². The standard InChI is InChI=1S/C22H24F3Si/c1-14-20(23)11-18(12-21(14)24)19-9-8-16(10-22(19)25)5-2-15-3-6-17(13-26)7-4-15/h8-12,15,17H,2-7,13H2,1H3. The molecule has 0 aliphatic heterocycles. The van der Waals surface area contributed by atoms with E-state index in [1.165, 1.54) is 50.8 Å². The third-order valence-electron chi connectivity index (χ3n) is 5.72. The molecule has 0 bridgehead atoms. The summed E-state index contributed by atoms with van der Waals surface area (Å²) in [6, 6.07) is 8.49. The van der Waals surface area contributed by atoms with Gasteiger partial charge in [-0.25, -0.2) is 13.2 Å². The van der Waals surface area contributed by atoms with Gasteiger partial charge in [-0.2, -0.15) is 0 Å². The Hall–Kier alpha value is -1.55. The summed E-state index contributed by atoms with van der Waals surface area (Å²) in [7, 11) is 3.61. The van der Waals surface area contributed by atoms with Crippen molar-refractivity contribution in [1.29, 1.82) is 0 Å². The van der Waals surface area contributed by atoms with Gasteiger partial charge < -0.3 is 0 Å². The molecule has 0 N–H and O–H groups in total. The summed E-state index contributed by atoms with van der Waals surface area (Å²) in [6.07, 6.45) is 6.95. The van der Waals surface area contributed by atoms with Gasteiger partial charge in [0.25, 0.3) is 0 Å². The van der Waals surface area contributed by atoms with Gasteiger partial charge in [-0.3, -0.25) is 0 Å². The Morgan fingerprint density at radius 2 is 1.50 bits per heavy atom. The Morgan fingerprint density at radius 3 is 2.08 bits per heavy atom. The molecule has 1 aliphatic rings. The van der Waals surface area contributed by atoms with Crippen molar-refractivity contribution in [3.05, 3.63) is 58.9 Å². The second kappa shape index (κ2) is 8.42.